The van der Waals surface area contributed by atoms with Crippen molar-refractivity contribution in [2.75, 3.05) is 20.7 Å². The number of ether oxygens (including phenoxy) is 1. The number of nitrogens with zero attached hydrogens (tertiary/aromatic N) is 2. The first-order valence-corrected chi connectivity index (χ1v) is 9.18. The van der Waals surface area contributed by atoms with Crippen LogP contribution in [0.15, 0.2) is 48.5 Å². The molecule has 146 valence electrons. The summed E-state index contributed by atoms with van der Waals surface area (Å²) in [5, 5.41) is 7.24. The number of nitrogens with one attached hydrogen (secondary N) is 1. The minimum Gasteiger partial charge on any atom is -0.496 e. The third-order valence-corrected chi connectivity index (χ3v) is 4.69. The average Bonchev–Trinajstić information content (AvgIpc) is 3.16. The lowest BCUT2D eigenvalue weighted by molar-refractivity contribution is 0.0793. The van der Waals surface area contributed by atoms with Crippen molar-refractivity contribution in [1.29, 1.82) is 0 Å². The quantitative estimate of drug-likeness (QED) is 0.666. The second-order valence-corrected chi connectivity index (χ2v) is 6.80. The number of benzene rings is 2. The molecule has 1 amide bonds. The second-order valence-electron chi connectivity index (χ2n) is 6.80. The van der Waals surface area contributed by atoms with Crippen LogP contribution in [0, 0.1) is 12.7 Å². The molecule has 6 heteroatoms. The molecule has 0 radical (unpaired) electrons. The monoisotopic (exact) mass is 381 g/mol. The number of H-pyrrole nitrogens is 1. The maximum absolute atomic E-state index is 13.4. The first-order valence-electron chi connectivity index (χ1n) is 9.18. The highest BCUT2D eigenvalue weighted by Crippen LogP contribution is 2.21. The van der Waals surface area contributed by atoms with Crippen LogP contribution in [-0.2, 0) is 6.42 Å². The van der Waals surface area contributed by atoms with Gasteiger partial charge < -0.3 is 9.64 Å². The summed E-state index contributed by atoms with van der Waals surface area (Å²) in [5.74, 6) is 0.389. The molecule has 3 aromatic rings. The largest absolute Gasteiger partial charge is 0.496 e. The zero-order chi connectivity index (χ0) is 20.1. The first kappa shape index (κ1) is 19.6. The molecule has 3 rings (SSSR count). The number of hydrogen-bond donors (Lipinski definition) is 1. The molecule has 0 aliphatic heterocycles. The van der Waals surface area contributed by atoms with Gasteiger partial charge in [-0.05, 0) is 55.7 Å². The fourth-order valence-corrected chi connectivity index (χ4v) is 3.07. The lowest BCUT2D eigenvalue weighted by atomic mass is 10.1. The molecule has 0 bridgehead atoms. The number of aromatic nitrogens is 2. The van der Waals surface area contributed by atoms with E-state index in [0.717, 1.165) is 29.7 Å². The SMILES string of the molecule is COc1cc(C(=O)N(C)CCCc2cc(-c3cccc(F)c3)n[nH]2)ccc1C. The number of methoxy groups -OCH3 is 1. The van der Waals surface area contributed by atoms with Gasteiger partial charge in [-0.25, -0.2) is 4.39 Å². The van der Waals surface area contributed by atoms with Gasteiger partial charge in [0.05, 0.1) is 12.8 Å². The minimum atomic E-state index is -0.282. The Bertz CT molecular complexity index is 968. The van der Waals surface area contributed by atoms with Crippen molar-refractivity contribution in [2.24, 2.45) is 0 Å². The van der Waals surface area contributed by atoms with E-state index in [1.54, 1.807) is 31.2 Å². The topological polar surface area (TPSA) is 58.2 Å². The normalized spacial score (nSPS) is 10.7. The van der Waals surface area contributed by atoms with Gasteiger partial charge in [-0.3, -0.25) is 9.89 Å². The molecule has 0 unspecified atom stereocenters. The Balaban J connectivity index is 1.55. The van der Waals surface area contributed by atoms with Crippen LogP contribution in [0.1, 0.15) is 28.0 Å². The van der Waals surface area contributed by atoms with Gasteiger partial charge in [-0.1, -0.05) is 18.2 Å². The fourth-order valence-electron chi connectivity index (χ4n) is 3.07. The van der Waals surface area contributed by atoms with Crippen LogP contribution in [0.2, 0.25) is 0 Å². The Kier molecular flexibility index (Phi) is 6.09. The first-order chi connectivity index (χ1) is 13.5. The molecule has 0 saturated carbocycles. The predicted molar refractivity (Wildman–Crippen MR) is 107 cm³/mol. The summed E-state index contributed by atoms with van der Waals surface area (Å²) in [6, 6.07) is 13.8. The van der Waals surface area contributed by atoms with Crippen LogP contribution in [0.5, 0.6) is 5.75 Å². The van der Waals surface area contributed by atoms with Gasteiger partial charge in [-0.2, -0.15) is 5.10 Å². The van der Waals surface area contributed by atoms with Crippen LogP contribution in [0.25, 0.3) is 11.3 Å². The highest BCUT2D eigenvalue weighted by Gasteiger charge is 2.13. The Morgan fingerprint density at radius 3 is 2.79 bits per heavy atom. The van der Waals surface area contributed by atoms with Crippen LogP contribution in [0.3, 0.4) is 0 Å². The molecule has 0 fully saturated rings. The van der Waals surface area contributed by atoms with Crippen molar-refractivity contribution in [3.8, 4) is 17.0 Å². The Morgan fingerprint density at radius 2 is 2.04 bits per heavy atom. The smallest absolute Gasteiger partial charge is 0.253 e. The van der Waals surface area contributed by atoms with E-state index in [0.29, 0.717) is 23.6 Å². The molecular weight excluding hydrogens is 357 g/mol. The molecule has 0 aliphatic carbocycles. The Labute approximate surface area is 164 Å². The highest BCUT2D eigenvalue weighted by molar-refractivity contribution is 5.94. The second kappa shape index (κ2) is 8.69. The number of aromatic amines is 1. The van der Waals surface area contributed by atoms with E-state index in [4.69, 9.17) is 4.74 Å². The molecule has 5 nitrogen and oxygen atoms in total. The predicted octanol–water partition coefficient (Wildman–Crippen LogP) is 4.24. The Hall–Kier alpha value is -3.15. The zero-order valence-electron chi connectivity index (χ0n) is 16.3. The maximum Gasteiger partial charge on any atom is 0.253 e. The lowest BCUT2D eigenvalue weighted by Crippen LogP contribution is -2.28. The lowest BCUT2D eigenvalue weighted by Gasteiger charge is -2.17. The third-order valence-electron chi connectivity index (χ3n) is 4.69. The molecule has 0 saturated heterocycles. The van der Waals surface area contributed by atoms with Gasteiger partial charge in [0.1, 0.15) is 11.6 Å². The summed E-state index contributed by atoms with van der Waals surface area (Å²) >= 11 is 0. The zero-order valence-corrected chi connectivity index (χ0v) is 16.3. The van der Waals surface area contributed by atoms with E-state index in [1.165, 1.54) is 12.1 Å². The van der Waals surface area contributed by atoms with Crippen molar-refractivity contribution in [1.82, 2.24) is 15.1 Å². The molecule has 1 aromatic heterocycles. The summed E-state index contributed by atoms with van der Waals surface area (Å²) in [6.07, 6.45) is 1.53. The van der Waals surface area contributed by atoms with Gasteiger partial charge in [0.25, 0.3) is 5.91 Å². The van der Waals surface area contributed by atoms with Crippen LogP contribution in [-0.4, -0.2) is 41.7 Å². The molecule has 0 atom stereocenters. The molecule has 1 heterocycles. The molecular formula is C22H24FN3O2. The van der Waals surface area contributed by atoms with E-state index in [2.05, 4.69) is 10.2 Å². The standard InChI is InChI=1S/C22H24FN3O2/c1-15-9-10-17(13-21(15)28-3)22(27)26(2)11-5-8-19-14-20(25-24-19)16-6-4-7-18(23)12-16/h4,6-7,9-10,12-14H,5,8,11H2,1-3H3,(H,24,25). The van der Waals surface area contributed by atoms with E-state index >= 15 is 0 Å². The molecule has 0 spiro atoms. The van der Waals surface area contributed by atoms with Crippen molar-refractivity contribution < 1.29 is 13.9 Å². The summed E-state index contributed by atoms with van der Waals surface area (Å²) in [6.45, 7) is 2.56. The van der Waals surface area contributed by atoms with E-state index in [9.17, 15) is 9.18 Å². The average molecular weight is 381 g/mol. The minimum absolute atomic E-state index is 0.0386. The van der Waals surface area contributed by atoms with Gasteiger partial charge in [0.15, 0.2) is 0 Å². The van der Waals surface area contributed by atoms with Crippen molar-refractivity contribution in [3.05, 3.63) is 71.2 Å². The van der Waals surface area contributed by atoms with Crippen LogP contribution < -0.4 is 4.74 Å². The summed E-state index contributed by atoms with van der Waals surface area (Å²) in [7, 11) is 3.39. The number of carbonyl (C=O) groups excluding carboxylic acids is 1. The van der Waals surface area contributed by atoms with E-state index in [-0.39, 0.29) is 11.7 Å². The molecule has 28 heavy (non-hydrogen) atoms. The number of hydrogen-bond acceptors (Lipinski definition) is 3. The highest BCUT2D eigenvalue weighted by atomic mass is 19.1. The third kappa shape index (κ3) is 4.57. The van der Waals surface area contributed by atoms with E-state index < -0.39 is 0 Å². The summed E-state index contributed by atoms with van der Waals surface area (Å²) < 4.78 is 18.6. The van der Waals surface area contributed by atoms with Crippen LogP contribution >= 0.6 is 0 Å². The summed E-state index contributed by atoms with van der Waals surface area (Å²) in [5.41, 5.74) is 4.01. The number of aryl methyl sites for hydroxylation is 2. The summed E-state index contributed by atoms with van der Waals surface area (Å²) in [4.78, 5) is 14.3. The molecule has 1 N–H and O–H groups in total. The number of amides is 1. The number of halogens is 1. The number of rotatable bonds is 7. The maximum atomic E-state index is 13.4. The molecule has 2 aromatic carbocycles. The van der Waals surface area contributed by atoms with Gasteiger partial charge >= 0.3 is 0 Å². The van der Waals surface area contributed by atoms with Gasteiger partial charge in [-0.15, -0.1) is 0 Å². The van der Waals surface area contributed by atoms with Gasteiger partial charge in [0, 0.05) is 30.4 Å². The fraction of sp³-hybridized carbons (Fsp3) is 0.273. The van der Waals surface area contributed by atoms with Crippen molar-refractivity contribution in [3.63, 3.8) is 0 Å². The Morgan fingerprint density at radius 1 is 1.21 bits per heavy atom. The van der Waals surface area contributed by atoms with Crippen LogP contribution in [0.4, 0.5) is 4.39 Å². The van der Waals surface area contributed by atoms with Gasteiger partial charge in [0.2, 0.25) is 0 Å². The van der Waals surface area contributed by atoms with E-state index in [1.807, 2.05) is 31.2 Å². The van der Waals surface area contributed by atoms with Crippen molar-refractivity contribution >= 4 is 5.91 Å². The van der Waals surface area contributed by atoms with Crippen molar-refractivity contribution in [2.45, 2.75) is 19.8 Å². The molecule has 0 aliphatic rings. The number of carbonyl (C=O) groups is 1.